The summed E-state index contributed by atoms with van der Waals surface area (Å²) < 4.78 is 39.2. The fraction of sp³-hybridized carbons (Fsp3) is 0.385. The molecule has 0 saturated carbocycles. The number of allylic oxidation sites excluding steroid dienone is 1. The first kappa shape index (κ1) is 13.2. The SMILES string of the molecule is Cc1ccc(S(=O)(=O)N2CCCC=C(F)C2)cc1. The van der Waals surface area contributed by atoms with Crippen molar-refractivity contribution in [2.24, 2.45) is 0 Å². The van der Waals surface area contributed by atoms with Crippen LogP contribution in [0.3, 0.4) is 0 Å². The van der Waals surface area contributed by atoms with Crippen molar-refractivity contribution in [1.29, 1.82) is 0 Å². The maximum absolute atomic E-state index is 13.4. The molecule has 1 heterocycles. The zero-order valence-electron chi connectivity index (χ0n) is 10.3. The van der Waals surface area contributed by atoms with Gasteiger partial charge < -0.3 is 0 Å². The summed E-state index contributed by atoms with van der Waals surface area (Å²) >= 11 is 0. The zero-order valence-corrected chi connectivity index (χ0v) is 11.1. The third kappa shape index (κ3) is 2.79. The number of benzene rings is 1. The Morgan fingerprint density at radius 3 is 2.56 bits per heavy atom. The maximum Gasteiger partial charge on any atom is 0.243 e. The molecule has 0 amide bonds. The number of halogens is 1. The van der Waals surface area contributed by atoms with Gasteiger partial charge in [-0.3, -0.25) is 0 Å². The minimum atomic E-state index is -3.58. The highest BCUT2D eigenvalue weighted by molar-refractivity contribution is 7.89. The Hall–Kier alpha value is -1.20. The molecule has 98 valence electrons. The summed E-state index contributed by atoms with van der Waals surface area (Å²) in [6.07, 6.45) is 2.70. The van der Waals surface area contributed by atoms with Gasteiger partial charge in [0.1, 0.15) is 5.83 Å². The van der Waals surface area contributed by atoms with Crippen molar-refractivity contribution >= 4 is 10.0 Å². The van der Waals surface area contributed by atoms with Crippen molar-refractivity contribution in [2.75, 3.05) is 13.1 Å². The maximum atomic E-state index is 13.4. The van der Waals surface area contributed by atoms with Crippen molar-refractivity contribution in [3.8, 4) is 0 Å². The van der Waals surface area contributed by atoms with Crippen molar-refractivity contribution < 1.29 is 12.8 Å². The van der Waals surface area contributed by atoms with E-state index in [1.54, 1.807) is 24.3 Å². The van der Waals surface area contributed by atoms with Crippen LogP contribution in [0.2, 0.25) is 0 Å². The van der Waals surface area contributed by atoms with Crippen LogP contribution in [0.1, 0.15) is 18.4 Å². The highest BCUT2D eigenvalue weighted by Crippen LogP contribution is 2.21. The number of rotatable bonds is 2. The van der Waals surface area contributed by atoms with Crippen LogP contribution in [-0.4, -0.2) is 25.8 Å². The minimum Gasteiger partial charge on any atom is -0.211 e. The largest absolute Gasteiger partial charge is 0.243 e. The molecule has 0 aliphatic carbocycles. The first-order valence-corrected chi connectivity index (χ1v) is 7.35. The first-order valence-electron chi connectivity index (χ1n) is 5.91. The molecular formula is C13H16FNO2S. The Morgan fingerprint density at radius 2 is 1.89 bits per heavy atom. The molecule has 0 atom stereocenters. The van der Waals surface area contributed by atoms with Crippen molar-refractivity contribution in [1.82, 2.24) is 4.31 Å². The zero-order chi connectivity index (χ0) is 13.2. The summed E-state index contributed by atoms with van der Waals surface area (Å²) in [5.41, 5.74) is 0.996. The lowest BCUT2D eigenvalue weighted by molar-refractivity contribution is 0.411. The van der Waals surface area contributed by atoms with Crippen LogP contribution in [0.25, 0.3) is 0 Å². The van der Waals surface area contributed by atoms with Crippen LogP contribution in [-0.2, 0) is 10.0 Å². The van der Waals surface area contributed by atoms with Gasteiger partial charge in [-0.05, 0) is 31.9 Å². The average Bonchev–Trinajstić information content (AvgIpc) is 2.55. The van der Waals surface area contributed by atoms with E-state index in [0.717, 1.165) is 5.56 Å². The molecule has 0 N–H and O–H groups in total. The molecule has 1 aromatic carbocycles. The average molecular weight is 269 g/mol. The van der Waals surface area contributed by atoms with Gasteiger partial charge in [-0.2, -0.15) is 4.31 Å². The fourth-order valence-corrected chi connectivity index (χ4v) is 3.34. The van der Waals surface area contributed by atoms with E-state index in [0.29, 0.717) is 19.4 Å². The van der Waals surface area contributed by atoms with E-state index in [4.69, 9.17) is 0 Å². The van der Waals surface area contributed by atoms with Crippen LogP contribution < -0.4 is 0 Å². The fourth-order valence-electron chi connectivity index (χ4n) is 1.90. The molecule has 1 aliphatic heterocycles. The second kappa shape index (κ2) is 5.20. The van der Waals surface area contributed by atoms with Gasteiger partial charge >= 0.3 is 0 Å². The summed E-state index contributed by atoms with van der Waals surface area (Å²) in [6.45, 7) is 2.10. The molecule has 1 aromatic rings. The van der Waals surface area contributed by atoms with Crippen LogP contribution in [0.5, 0.6) is 0 Å². The van der Waals surface area contributed by atoms with E-state index in [-0.39, 0.29) is 17.3 Å². The molecule has 0 radical (unpaired) electrons. The van der Waals surface area contributed by atoms with Crippen molar-refractivity contribution in [3.63, 3.8) is 0 Å². The standard InChI is InChI=1S/C13H16FNO2S/c1-11-5-7-13(8-6-11)18(16,17)15-9-3-2-4-12(14)10-15/h4-8H,2-3,9-10H2,1H3. The van der Waals surface area contributed by atoms with Crippen molar-refractivity contribution in [2.45, 2.75) is 24.7 Å². The van der Waals surface area contributed by atoms with Crippen LogP contribution in [0.15, 0.2) is 41.1 Å². The van der Waals surface area contributed by atoms with Crippen molar-refractivity contribution in [3.05, 3.63) is 41.7 Å². The van der Waals surface area contributed by atoms with E-state index >= 15 is 0 Å². The van der Waals surface area contributed by atoms with E-state index in [1.165, 1.54) is 10.4 Å². The lowest BCUT2D eigenvalue weighted by atomic mass is 10.2. The van der Waals surface area contributed by atoms with Gasteiger partial charge in [-0.1, -0.05) is 23.8 Å². The smallest absolute Gasteiger partial charge is 0.211 e. The molecule has 0 fully saturated rings. The quantitative estimate of drug-likeness (QED) is 0.827. The summed E-state index contributed by atoms with van der Waals surface area (Å²) in [7, 11) is -3.58. The first-order chi connectivity index (χ1) is 8.50. The third-order valence-electron chi connectivity index (χ3n) is 2.96. The second-order valence-corrected chi connectivity index (χ2v) is 6.38. The van der Waals surface area contributed by atoms with Crippen LogP contribution in [0.4, 0.5) is 4.39 Å². The Morgan fingerprint density at radius 1 is 1.22 bits per heavy atom. The molecule has 0 bridgehead atoms. The van der Waals surface area contributed by atoms with Gasteiger partial charge in [0.15, 0.2) is 0 Å². The molecule has 2 rings (SSSR count). The van der Waals surface area contributed by atoms with Gasteiger partial charge in [0, 0.05) is 6.54 Å². The molecule has 0 spiro atoms. The predicted molar refractivity (Wildman–Crippen MR) is 68.4 cm³/mol. The minimum absolute atomic E-state index is 0.157. The van der Waals surface area contributed by atoms with Crippen LogP contribution >= 0.6 is 0 Å². The summed E-state index contributed by atoms with van der Waals surface area (Å²) in [5.74, 6) is -0.372. The molecule has 0 aromatic heterocycles. The van der Waals surface area contributed by atoms with Gasteiger partial charge in [-0.25, -0.2) is 12.8 Å². The molecule has 5 heteroatoms. The number of hydrogen-bond donors (Lipinski definition) is 0. The molecule has 0 unspecified atom stereocenters. The monoisotopic (exact) mass is 269 g/mol. The van der Waals surface area contributed by atoms with E-state index in [2.05, 4.69) is 0 Å². The molecule has 3 nitrogen and oxygen atoms in total. The molecule has 18 heavy (non-hydrogen) atoms. The highest BCUT2D eigenvalue weighted by Gasteiger charge is 2.26. The van der Waals surface area contributed by atoms with Gasteiger partial charge in [0.05, 0.1) is 11.4 Å². The van der Waals surface area contributed by atoms with Crippen LogP contribution in [0, 0.1) is 6.92 Å². The summed E-state index contributed by atoms with van der Waals surface area (Å²) in [5, 5.41) is 0. The molecular weight excluding hydrogens is 253 g/mol. The number of hydrogen-bond acceptors (Lipinski definition) is 2. The van der Waals surface area contributed by atoms with E-state index in [9.17, 15) is 12.8 Å². The van der Waals surface area contributed by atoms with E-state index < -0.39 is 10.0 Å². The predicted octanol–water partition coefficient (Wildman–Crippen LogP) is 2.63. The Kier molecular flexibility index (Phi) is 3.82. The van der Waals surface area contributed by atoms with E-state index in [1.807, 2.05) is 6.92 Å². The highest BCUT2D eigenvalue weighted by atomic mass is 32.2. The normalized spacial score (nSPS) is 18.2. The van der Waals surface area contributed by atoms with Gasteiger partial charge in [0.2, 0.25) is 10.0 Å². The Balaban J connectivity index is 2.30. The summed E-state index contributed by atoms with van der Waals surface area (Å²) in [6, 6.07) is 6.63. The molecule has 0 saturated heterocycles. The topological polar surface area (TPSA) is 37.4 Å². The Bertz CT molecular complexity index is 549. The summed E-state index contributed by atoms with van der Waals surface area (Å²) in [4.78, 5) is 0.225. The lowest BCUT2D eigenvalue weighted by Gasteiger charge is -2.19. The number of nitrogens with zero attached hydrogens (tertiary/aromatic N) is 1. The third-order valence-corrected chi connectivity index (χ3v) is 4.82. The van der Waals surface area contributed by atoms with Gasteiger partial charge in [-0.15, -0.1) is 0 Å². The lowest BCUT2D eigenvalue weighted by Crippen LogP contribution is -2.32. The number of sulfonamides is 1. The van der Waals surface area contributed by atoms with Gasteiger partial charge in [0.25, 0.3) is 0 Å². The Labute approximate surface area is 107 Å². The number of aryl methyl sites for hydroxylation is 1. The second-order valence-electron chi connectivity index (χ2n) is 4.44. The molecule has 1 aliphatic rings.